The van der Waals surface area contributed by atoms with Crippen LogP contribution in [0.3, 0.4) is 0 Å². The standard InChI is InChI=1S/C20H15N2O3S/c1-21-17-7-2-3-8-19(17)26-20(21)12-10-16-9-11-18(25-16)14-5-4-6-15(13-14)22(23)24/h2-13H,1H3/q+1/b12-10+. The molecule has 0 saturated heterocycles. The van der Waals surface area contributed by atoms with Crippen molar-refractivity contribution >= 4 is 39.4 Å². The summed E-state index contributed by atoms with van der Waals surface area (Å²) < 4.78 is 9.19. The Kier molecular flexibility index (Phi) is 4.10. The minimum atomic E-state index is -0.408. The molecule has 6 heteroatoms. The van der Waals surface area contributed by atoms with Gasteiger partial charge in [-0.05, 0) is 24.3 Å². The molecule has 0 fully saturated rings. The number of aromatic nitrogens is 1. The Labute approximate surface area is 153 Å². The van der Waals surface area contributed by atoms with E-state index in [1.807, 2.05) is 43.5 Å². The van der Waals surface area contributed by atoms with Crippen molar-refractivity contribution in [1.82, 2.24) is 0 Å². The first-order chi connectivity index (χ1) is 12.6. The maximum Gasteiger partial charge on any atom is 0.270 e. The van der Waals surface area contributed by atoms with Gasteiger partial charge < -0.3 is 4.42 Å². The van der Waals surface area contributed by atoms with Crippen molar-refractivity contribution in [2.45, 2.75) is 0 Å². The number of aryl methyl sites for hydroxylation is 1. The Bertz CT molecular complexity index is 1140. The van der Waals surface area contributed by atoms with Crippen molar-refractivity contribution in [3.63, 3.8) is 0 Å². The summed E-state index contributed by atoms with van der Waals surface area (Å²) in [6.07, 6.45) is 3.92. The summed E-state index contributed by atoms with van der Waals surface area (Å²) in [5.74, 6) is 1.30. The number of nitro groups is 1. The number of nitrogens with zero attached hydrogens (tertiary/aromatic N) is 2. The van der Waals surface area contributed by atoms with E-state index in [2.05, 4.69) is 16.7 Å². The quantitative estimate of drug-likeness (QED) is 0.289. The Morgan fingerprint density at radius 3 is 2.73 bits per heavy atom. The third-order valence-corrected chi connectivity index (χ3v) is 5.31. The van der Waals surface area contributed by atoms with Crippen LogP contribution in [0.2, 0.25) is 0 Å². The number of fused-ring (bicyclic) bond motifs is 1. The van der Waals surface area contributed by atoms with E-state index in [1.165, 1.54) is 22.3 Å². The molecule has 0 radical (unpaired) electrons. The average molecular weight is 363 g/mol. The zero-order valence-electron chi connectivity index (χ0n) is 14.0. The molecular weight excluding hydrogens is 348 g/mol. The molecule has 26 heavy (non-hydrogen) atoms. The molecule has 0 spiro atoms. The van der Waals surface area contributed by atoms with Gasteiger partial charge in [-0.3, -0.25) is 10.1 Å². The fraction of sp³-hybridized carbons (Fsp3) is 0.0500. The number of para-hydroxylation sites is 1. The highest BCUT2D eigenvalue weighted by Crippen LogP contribution is 2.27. The van der Waals surface area contributed by atoms with Gasteiger partial charge in [0.1, 0.15) is 23.3 Å². The van der Waals surface area contributed by atoms with Crippen molar-refractivity contribution in [3.05, 3.63) is 81.5 Å². The predicted octanol–water partition coefficient (Wildman–Crippen LogP) is 5.06. The molecule has 0 aliphatic carbocycles. The number of rotatable bonds is 4. The lowest BCUT2D eigenvalue weighted by atomic mass is 10.1. The van der Waals surface area contributed by atoms with Crippen LogP contribution in [0, 0.1) is 10.1 Å². The predicted molar refractivity (Wildman–Crippen MR) is 103 cm³/mol. The molecule has 2 heterocycles. The first kappa shape index (κ1) is 16.2. The van der Waals surface area contributed by atoms with Gasteiger partial charge in [-0.2, -0.15) is 4.57 Å². The van der Waals surface area contributed by atoms with E-state index in [-0.39, 0.29) is 5.69 Å². The van der Waals surface area contributed by atoms with Crippen molar-refractivity contribution in [2.24, 2.45) is 7.05 Å². The lowest BCUT2D eigenvalue weighted by Crippen LogP contribution is -2.28. The number of non-ortho nitro benzene ring substituents is 1. The molecule has 0 aliphatic rings. The molecule has 128 valence electrons. The molecule has 2 aromatic carbocycles. The van der Waals surface area contributed by atoms with E-state index < -0.39 is 4.92 Å². The highest BCUT2D eigenvalue weighted by molar-refractivity contribution is 7.18. The second-order valence-corrected chi connectivity index (χ2v) is 6.87. The maximum atomic E-state index is 10.9. The van der Waals surface area contributed by atoms with Crippen molar-refractivity contribution in [3.8, 4) is 11.3 Å². The number of furan rings is 1. The molecule has 0 N–H and O–H groups in total. The van der Waals surface area contributed by atoms with Gasteiger partial charge in [0, 0.05) is 29.8 Å². The lowest BCUT2D eigenvalue weighted by Gasteiger charge is -1.96. The molecule has 0 atom stereocenters. The second-order valence-electron chi connectivity index (χ2n) is 5.81. The third-order valence-electron chi connectivity index (χ3n) is 4.13. The van der Waals surface area contributed by atoms with Gasteiger partial charge in [0.05, 0.1) is 4.92 Å². The van der Waals surface area contributed by atoms with Crippen LogP contribution in [0.4, 0.5) is 5.69 Å². The Morgan fingerprint density at radius 1 is 1.08 bits per heavy atom. The van der Waals surface area contributed by atoms with Crippen LogP contribution in [0.15, 0.2) is 65.1 Å². The highest BCUT2D eigenvalue weighted by atomic mass is 32.1. The molecule has 5 nitrogen and oxygen atoms in total. The van der Waals surface area contributed by atoms with Gasteiger partial charge in [-0.25, -0.2) is 0 Å². The summed E-state index contributed by atoms with van der Waals surface area (Å²) in [4.78, 5) is 10.5. The molecular formula is C20H15N2O3S+. The van der Waals surface area contributed by atoms with Crippen molar-refractivity contribution in [2.75, 3.05) is 0 Å². The van der Waals surface area contributed by atoms with Gasteiger partial charge in [-0.15, -0.1) is 0 Å². The summed E-state index contributed by atoms with van der Waals surface area (Å²) >= 11 is 1.71. The van der Waals surface area contributed by atoms with E-state index in [4.69, 9.17) is 4.42 Å². The summed E-state index contributed by atoms with van der Waals surface area (Å²) in [7, 11) is 2.04. The number of hydrogen-bond donors (Lipinski definition) is 0. The number of thiazole rings is 1. The smallest absolute Gasteiger partial charge is 0.270 e. The van der Waals surface area contributed by atoms with E-state index in [1.54, 1.807) is 23.5 Å². The van der Waals surface area contributed by atoms with E-state index in [0.29, 0.717) is 17.1 Å². The molecule has 4 rings (SSSR count). The minimum Gasteiger partial charge on any atom is -0.457 e. The van der Waals surface area contributed by atoms with Crippen LogP contribution in [0.5, 0.6) is 0 Å². The number of benzene rings is 2. The summed E-state index contributed by atoms with van der Waals surface area (Å²) in [5.41, 5.74) is 1.92. The monoisotopic (exact) mass is 363 g/mol. The fourth-order valence-corrected chi connectivity index (χ4v) is 3.84. The lowest BCUT2D eigenvalue weighted by molar-refractivity contribution is -0.642. The summed E-state index contributed by atoms with van der Waals surface area (Å²) in [6.45, 7) is 0. The number of nitro benzene ring substituents is 1. The summed E-state index contributed by atoms with van der Waals surface area (Å²) in [5, 5.41) is 12.0. The Balaban J connectivity index is 1.62. The average Bonchev–Trinajstić information content (AvgIpc) is 3.25. The topological polar surface area (TPSA) is 60.2 Å². The third kappa shape index (κ3) is 3.02. The van der Waals surface area contributed by atoms with Gasteiger partial charge in [0.2, 0.25) is 5.52 Å². The summed E-state index contributed by atoms with van der Waals surface area (Å²) in [6, 6.07) is 18.4. The molecule has 0 saturated carbocycles. The first-order valence-corrected chi connectivity index (χ1v) is 8.84. The highest BCUT2D eigenvalue weighted by Gasteiger charge is 2.14. The van der Waals surface area contributed by atoms with Crippen LogP contribution in [-0.4, -0.2) is 4.92 Å². The second kappa shape index (κ2) is 6.57. The van der Waals surface area contributed by atoms with E-state index in [9.17, 15) is 10.1 Å². The van der Waals surface area contributed by atoms with E-state index in [0.717, 1.165) is 5.01 Å². The van der Waals surface area contributed by atoms with Gasteiger partial charge in [0.15, 0.2) is 0 Å². The van der Waals surface area contributed by atoms with Crippen molar-refractivity contribution in [1.29, 1.82) is 0 Å². The van der Waals surface area contributed by atoms with E-state index >= 15 is 0 Å². The van der Waals surface area contributed by atoms with Gasteiger partial charge in [0.25, 0.3) is 10.7 Å². The first-order valence-electron chi connectivity index (χ1n) is 8.02. The minimum absolute atomic E-state index is 0.0493. The SMILES string of the molecule is C[n+]1c(/C=C/c2ccc(-c3cccc([N+](=O)[O-])c3)o2)sc2ccccc21. The molecule has 4 aromatic rings. The van der Waals surface area contributed by atoms with Crippen LogP contribution in [0.25, 0.3) is 33.7 Å². The van der Waals surface area contributed by atoms with Crippen molar-refractivity contribution < 1.29 is 13.9 Å². The molecule has 0 unspecified atom stereocenters. The van der Waals surface area contributed by atoms with Gasteiger partial charge >= 0.3 is 0 Å². The zero-order chi connectivity index (χ0) is 18.1. The normalized spacial score (nSPS) is 11.4. The molecule has 0 bridgehead atoms. The Morgan fingerprint density at radius 2 is 1.92 bits per heavy atom. The maximum absolute atomic E-state index is 10.9. The van der Waals surface area contributed by atoms with Crippen LogP contribution < -0.4 is 4.57 Å². The van der Waals surface area contributed by atoms with Gasteiger partial charge in [-0.1, -0.05) is 35.6 Å². The molecule has 2 aromatic heterocycles. The van der Waals surface area contributed by atoms with Crippen LogP contribution in [-0.2, 0) is 7.05 Å². The zero-order valence-corrected chi connectivity index (χ0v) is 14.8. The largest absolute Gasteiger partial charge is 0.457 e. The number of hydrogen-bond acceptors (Lipinski definition) is 4. The molecule has 0 aliphatic heterocycles. The van der Waals surface area contributed by atoms with Crippen LogP contribution >= 0.6 is 11.3 Å². The molecule has 0 amide bonds. The fourth-order valence-electron chi connectivity index (χ4n) is 2.79. The van der Waals surface area contributed by atoms with Crippen LogP contribution in [0.1, 0.15) is 10.8 Å². The Hall–Kier alpha value is -3.25.